The minimum Gasteiger partial charge on any atom is -0.457 e. The number of benzene rings is 2. The van der Waals surface area contributed by atoms with Gasteiger partial charge in [-0.25, -0.2) is 13.2 Å². The lowest BCUT2D eigenvalue weighted by atomic mass is 10.0. The Balaban J connectivity index is 1.48. The molecule has 1 aliphatic heterocycles. The fourth-order valence-corrected chi connectivity index (χ4v) is 5.13. The molecule has 37 heavy (non-hydrogen) atoms. The number of piperidine rings is 1. The van der Waals surface area contributed by atoms with Gasteiger partial charge in [-0.15, -0.1) is 0 Å². The number of unbranched alkanes of at least 4 members (excludes halogenated alkanes) is 2. The van der Waals surface area contributed by atoms with Crippen LogP contribution in [0.5, 0.6) is 11.5 Å². The van der Waals surface area contributed by atoms with Crippen LogP contribution in [-0.4, -0.2) is 62.7 Å². The predicted octanol–water partition coefficient (Wildman–Crippen LogP) is 5.43. The molecule has 0 atom stereocenters. The van der Waals surface area contributed by atoms with Gasteiger partial charge in [-0.2, -0.15) is 0 Å². The summed E-state index contributed by atoms with van der Waals surface area (Å²) in [6.07, 6.45) is 7.44. The normalized spacial score (nSPS) is 14.8. The van der Waals surface area contributed by atoms with E-state index in [1.54, 1.807) is 24.3 Å². The van der Waals surface area contributed by atoms with Gasteiger partial charge in [0.15, 0.2) is 0 Å². The largest absolute Gasteiger partial charge is 0.457 e. The molecule has 2 N–H and O–H groups in total. The molecule has 1 saturated heterocycles. The van der Waals surface area contributed by atoms with Crippen molar-refractivity contribution >= 4 is 21.7 Å². The lowest BCUT2D eigenvalue weighted by molar-refractivity contribution is 0.116. The van der Waals surface area contributed by atoms with Crippen molar-refractivity contribution in [2.75, 3.05) is 37.2 Å². The van der Waals surface area contributed by atoms with E-state index in [0.29, 0.717) is 17.5 Å². The summed E-state index contributed by atoms with van der Waals surface area (Å²) < 4.78 is 31.0. The Bertz CT molecular complexity index is 1070. The number of likely N-dealkylation sites (tertiary alicyclic amines) is 1. The van der Waals surface area contributed by atoms with Gasteiger partial charge in [0.2, 0.25) is 10.0 Å². The van der Waals surface area contributed by atoms with Crippen molar-refractivity contribution in [3.63, 3.8) is 0 Å². The second-order valence-corrected chi connectivity index (χ2v) is 11.5. The van der Waals surface area contributed by atoms with Crippen LogP contribution in [0.2, 0.25) is 0 Å². The number of nitrogens with one attached hydrogen (secondary N) is 2. The van der Waals surface area contributed by atoms with Crippen molar-refractivity contribution in [1.82, 2.24) is 15.1 Å². The van der Waals surface area contributed by atoms with Gasteiger partial charge in [0.05, 0.1) is 6.26 Å². The molecule has 0 spiro atoms. The van der Waals surface area contributed by atoms with Gasteiger partial charge in [0.25, 0.3) is 0 Å². The number of carbonyl (C=O) groups is 1. The van der Waals surface area contributed by atoms with Crippen LogP contribution in [0, 0.1) is 0 Å². The molecule has 1 fully saturated rings. The summed E-state index contributed by atoms with van der Waals surface area (Å²) in [4.78, 5) is 17.3. The highest BCUT2D eigenvalue weighted by Gasteiger charge is 2.27. The van der Waals surface area contributed by atoms with Gasteiger partial charge in [0.1, 0.15) is 11.5 Å². The van der Waals surface area contributed by atoms with Crippen LogP contribution in [-0.2, 0) is 16.6 Å². The molecule has 0 unspecified atom stereocenters. The molecule has 2 amide bonds. The van der Waals surface area contributed by atoms with Crippen LogP contribution in [0.15, 0.2) is 48.5 Å². The molecule has 0 saturated carbocycles. The van der Waals surface area contributed by atoms with Crippen molar-refractivity contribution in [2.24, 2.45) is 0 Å². The molecule has 0 bridgehead atoms. The minimum atomic E-state index is -3.30. The number of ether oxygens (including phenoxy) is 1. The first-order valence-corrected chi connectivity index (χ1v) is 15.3. The fraction of sp³-hybridized carbons (Fsp3) is 0.536. The Morgan fingerprint density at radius 3 is 2.16 bits per heavy atom. The van der Waals surface area contributed by atoms with Crippen LogP contribution >= 0.6 is 0 Å². The monoisotopic (exact) mass is 530 g/mol. The average Bonchev–Trinajstić information content (AvgIpc) is 2.87. The minimum absolute atomic E-state index is 0.0910. The third kappa shape index (κ3) is 9.89. The molecule has 8 nitrogen and oxygen atoms in total. The number of urea groups is 1. The highest BCUT2D eigenvalue weighted by molar-refractivity contribution is 7.92. The second kappa shape index (κ2) is 14.2. The Labute approximate surface area is 222 Å². The molecule has 0 aromatic heterocycles. The third-order valence-corrected chi connectivity index (χ3v) is 7.12. The SMILES string of the molecule is CCCCCN(C(=O)NCCC)C1CCN(Cc2ccc(Oc3ccc(NS(C)(=O)=O)cc3)cc2)CC1. The maximum Gasteiger partial charge on any atom is 0.317 e. The summed E-state index contributed by atoms with van der Waals surface area (Å²) in [6, 6.07) is 15.3. The third-order valence-electron chi connectivity index (χ3n) is 6.51. The Kier molecular flexibility index (Phi) is 11.1. The zero-order chi connectivity index (χ0) is 26.7. The number of rotatable bonds is 13. The van der Waals surface area contributed by atoms with E-state index in [0.717, 1.165) is 83.3 Å². The first-order chi connectivity index (χ1) is 17.8. The number of anilines is 1. The van der Waals surface area contributed by atoms with Gasteiger partial charge in [0, 0.05) is 44.5 Å². The van der Waals surface area contributed by atoms with Crippen molar-refractivity contribution in [2.45, 2.75) is 65.0 Å². The predicted molar refractivity (Wildman–Crippen MR) is 150 cm³/mol. The molecule has 204 valence electrons. The molecule has 0 aliphatic carbocycles. The molecule has 1 heterocycles. The number of hydrogen-bond donors (Lipinski definition) is 2. The number of amides is 2. The van der Waals surface area contributed by atoms with E-state index < -0.39 is 10.0 Å². The molecule has 2 aromatic carbocycles. The summed E-state index contributed by atoms with van der Waals surface area (Å²) in [5, 5.41) is 3.08. The first kappa shape index (κ1) is 28.8. The average molecular weight is 531 g/mol. The lowest BCUT2D eigenvalue weighted by Crippen LogP contribution is -2.51. The van der Waals surface area contributed by atoms with Gasteiger partial charge in [-0.1, -0.05) is 38.8 Å². The lowest BCUT2D eigenvalue weighted by Gasteiger charge is -2.38. The van der Waals surface area contributed by atoms with E-state index in [1.807, 2.05) is 12.1 Å². The molecule has 1 aliphatic rings. The van der Waals surface area contributed by atoms with E-state index in [-0.39, 0.29) is 6.03 Å². The zero-order valence-corrected chi connectivity index (χ0v) is 23.2. The van der Waals surface area contributed by atoms with Crippen molar-refractivity contribution in [1.29, 1.82) is 0 Å². The molecule has 9 heteroatoms. The smallest absolute Gasteiger partial charge is 0.317 e. The first-order valence-electron chi connectivity index (χ1n) is 13.4. The van der Waals surface area contributed by atoms with Crippen LogP contribution in [0.3, 0.4) is 0 Å². The van der Waals surface area contributed by atoms with Gasteiger partial charge < -0.3 is 15.0 Å². The second-order valence-electron chi connectivity index (χ2n) is 9.78. The topological polar surface area (TPSA) is 91.0 Å². The highest BCUT2D eigenvalue weighted by Crippen LogP contribution is 2.25. The zero-order valence-electron chi connectivity index (χ0n) is 22.4. The van der Waals surface area contributed by atoms with Crippen molar-refractivity contribution in [3.05, 3.63) is 54.1 Å². The van der Waals surface area contributed by atoms with Crippen molar-refractivity contribution < 1.29 is 17.9 Å². The van der Waals surface area contributed by atoms with E-state index >= 15 is 0 Å². The summed E-state index contributed by atoms with van der Waals surface area (Å²) in [5.41, 5.74) is 1.72. The van der Waals surface area contributed by atoms with Crippen LogP contribution in [0.1, 0.15) is 57.9 Å². The molecule has 3 rings (SSSR count). The van der Waals surface area contributed by atoms with E-state index in [1.165, 1.54) is 5.56 Å². The van der Waals surface area contributed by atoms with Crippen LogP contribution in [0.4, 0.5) is 10.5 Å². The van der Waals surface area contributed by atoms with Crippen molar-refractivity contribution in [3.8, 4) is 11.5 Å². The van der Waals surface area contributed by atoms with E-state index in [4.69, 9.17) is 4.74 Å². The summed E-state index contributed by atoms with van der Waals surface area (Å²) >= 11 is 0. The highest BCUT2D eigenvalue weighted by atomic mass is 32.2. The number of sulfonamides is 1. The fourth-order valence-electron chi connectivity index (χ4n) is 4.57. The van der Waals surface area contributed by atoms with Crippen LogP contribution < -0.4 is 14.8 Å². The van der Waals surface area contributed by atoms with Gasteiger partial charge in [-0.3, -0.25) is 9.62 Å². The molecule has 2 aromatic rings. The number of carbonyl (C=O) groups excluding carboxylic acids is 1. The maximum atomic E-state index is 12.8. The summed E-state index contributed by atoms with van der Waals surface area (Å²) in [5.74, 6) is 1.37. The Hall–Kier alpha value is -2.78. The van der Waals surface area contributed by atoms with Crippen LogP contribution in [0.25, 0.3) is 0 Å². The van der Waals surface area contributed by atoms with Gasteiger partial charge >= 0.3 is 6.03 Å². The quantitative estimate of drug-likeness (QED) is 0.337. The van der Waals surface area contributed by atoms with Gasteiger partial charge in [-0.05, 0) is 67.6 Å². The van der Waals surface area contributed by atoms with E-state index in [2.05, 4.69) is 45.8 Å². The number of nitrogens with zero attached hydrogens (tertiary/aromatic N) is 2. The number of hydrogen-bond acceptors (Lipinski definition) is 5. The standard InChI is InChI=1S/C28H42N4O4S/c1-4-6-7-19-32(28(33)29-18-5-2)25-16-20-31(21-17-25)22-23-8-12-26(13-9-23)36-27-14-10-24(11-15-27)30-37(3,34)35/h8-15,25,30H,4-7,16-22H2,1-3H3,(H,29,33). The summed E-state index contributed by atoms with van der Waals surface area (Å²) in [7, 11) is -3.30. The van der Waals surface area contributed by atoms with E-state index in [9.17, 15) is 13.2 Å². The molecular weight excluding hydrogens is 488 g/mol. The Morgan fingerprint density at radius 2 is 1.59 bits per heavy atom. The molecular formula is C28H42N4O4S. The summed E-state index contributed by atoms with van der Waals surface area (Å²) in [6.45, 7) is 8.66. The Morgan fingerprint density at radius 1 is 0.973 bits per heavy atom. The molecule has 0 radical (unpaired) electrons. The maximum absolute atomic E-state index is 12.8.